The zero-order valence-electron chi connectivity index (χ0n) is 12.7. The Morgan fingerprint density at radius 3 is 2.36 bits per heavy atom. The molecule has 1 aromatic carbocycles. The normalized spacial score (nSPS) is 10.7. The topological polar surface area (TPSA) is 86.7 Å². The molecular weight excluding hydrogens is 284 g/mol. The minimum absolute atomic E-state index is 0.263. The number of hydrogen-bond acceptors (Lipinski definition) is 3. The number of aliphatic carboxylic acids is 1. The van der Waals surface area contributed by atoms with E-state index in [4.69, 9.17) is 5.11 Å². The van der Waals surface area contributed by atoms with Gasteiger partial charge in [0, 0.05) is 24.7 Å². The molecule has 0 bridgehead atoms. The summed E-state index contributed by atoms with van der Waals surface area (Å²) in [5.74, 6) is -2.01. The summed E-state index contributed by atoms with van der Waals surface area (Å²) in [5.41, 5.74) is 0.949. The minimum atomic E-state index is -1.09. The van der Waals surface area contributed by atoms with Crippen LogP contribution in [0, 0.1) is 0 Å². The van der Waals surface area contributed by atoms with E-state index in [-0.39, 0.29) is 6.04 Å². The molecule has 2 amide bonds. The molecule has 0 aliphatic carbocycles. The molecule has 0 fully saturated rings. The third-order valence-electron chi connectivity index (χ3n) is 2.90. The maximum absolute atomic E-state index is 11.9. The van der Waals surface area contributed by atoms with Crippen LogP contribution >= 0.6 is 0 Å². The average Bonchev–Trinajstić information content (AvgIpc) is 2.48. The van der Waals surface area contributed by atoms with Crippen molar-refractivity contribution in [2.24, 2.45) is 0 Å². The average molecular weight is 304 g/mol. The van der Waals surface area contributed by atoms with E-state index < -0.39 is 24.3 Å². The molecule has 0 atom stereocenters. The lowest BCUT2D eigenvalue weighted by atomic mass is 10.2. The van der Waals surface area contributed by atoms with Gasteiger partial charge in [-0.25, -0.2) is 0 Å². The number of carboxylic acid groups (broad SMARTS) is 1. The molecule has 1 rings (SSSR count). The van der Waals surface area contributed by atoms with Gasteiger partial charge in [0.2, 0.25) is 11.8 Å². The summed E-state index contributed by atoms with van der Waals surface area (Å²) in [6, 6.07) is 9.11. The van der Waals surface area contributed by atoms with E-state index in [0.717, 1.165) is 17.7 Å². The lowest BCUT2D eigenvalue weighted by molar-refractivity contribution is -0.143. The van der Waals surface area contributed by atoms with Crippen molar-refractivity contribution >= 4 is 17.8 Å². The van der Waals surface area contributed by atoms with Gasteiger partial charge in [-0.05, 0) is 19.4 Å². The summed E-state index contributed by atoms with van der Waals surface area (Å²) >= 11 is 0. The Balaban J connectivity index is 2.52. The first kappa shape index (κ1) is 17.4. The van der Waals surface area contributed by atoms with Crippen molar-refractivity contribution in [2.45, 2.75) is 26.4 Å². The summed E-state index contributed by atoms with van der Waals surface area (Å²) in [7, 11) is 0. The highest BCUT2D eigenvalue weighted by atomic mass is 16.4. The van der Waals surface area contributed by atoms with Crippen LogP contribution in [0.2, 0.25) is 0 Å². The fourth-order valence-electron chi connectivity index (χ4n) is 1.75. The van der Waals surface area contributed by atoms with Crippen molar-refractivity contribution in [3.05, 3.63) is 48.0 Å². The van der Waals surface area contributed by atoms with Gasteiger partial charge in [-0.1, -0.05) is 30.3 Å². The van der Waals surface area contributed by atoms with Gasteiger partial charge in [0.1, 0.15) is 6.54 Å². The number of nitrogens with zero attached hydrogens (tertiary/aromatic N) is 1. The number of rotatable bonds is 7. The lowest BCUT2D eigenvalue weighted by Crippen LogP contribution is -2.39. The highest BCUT2D eigenvalue weighted by Gasteiger charge is 2.17. The summed E-state index contributed by atoms with van der Waals surface area (Å²) in [6.45, 7) is 3.39. The molecule has 22 heavy (non-hydrogen) atoms. The second-order valence-corrected chi connectivity index (χ2v) is 4.99. The Morgan fingerprint density at radius 2 is 1.82 bits per heavy atom. The molecule has 0 radical (unpaired) electrons. The second-order valence-electron chi connectivity index (χ2n) is 4.99. The summed E-state index contributed by atoms with van der Waals surface area (Å²) in [5, 5.41) is 11.4. The SMILES string of the molecule is CC(C)N(CC(=O)O)C(=O)/C=C/C(=O)NCc1ccccc1. The summed E-state index contributed by atoms with van der Waals surface area (Å²) in [6.07, 6.45) is 2.20. The molecule has 0 aliphatic rings. The van der Waals surface area contributed by atoms with Crippen molar-refractivity contribution in [3.8, 4) is 0 Å². The molecule has 0 heterocycles. The van der Waals surface area contributed by atoms with E-state index in [1.807, 2.05) is 30.3 Å². The smallest absolute Gasteiger partial charge is 0.323 e. The standard InChI is InChI=1S/C16H20N2O4/c1-12(2)18(11-16(21)22)15(20)9-8-14(19)17-10-13-6-4-3-5-7-13/h3-9,12H,10-11H2,1-2H3,(H,17,19)(H,21,22)/b9-8+. The highest BCUT2D eigenvalue weighted by Crippen LogP contribution is 2.00. The van der Waals surface area contributed by atoms with Crippen LogP contribution in [0.5, 0.6) is 0 Å². The Labute approximate surface area is 129 Å². The molecule has 0 spiro atoms. The van der Waals surface area contributed by atoms with Crippen LogP contribution in [0.3, 0.4) is 0 Å². The number of benzene rings is 1. The monoisotopic (exact) mass is 304 g/mol. The highest BCUT2D eigenvalue weighted by molar-refractivity contribution is 5.97. The quantitative estimate of drug-likeness (QED) is 0.741. The molecule has 0 unspecified atom stereocenters. The van der Waals surface area contributed by atoms with E-state index in [0.29, 0.717) is 6.54 Å². The first-order valence-corrected chi connectivity index (χ1v) is 6.92. The molecule has 0 saturated carbocycles. The Hall–Kier alpha value is -2.63. The molecule has 0 aliphatic heterocycles. The van der Waals surface area contributed by atoms with Crippen molar-refractivity contribution < 1.29 is 19.5 Å². The van der Waals surface area contributed by atoms with Crippen molar-refractivity contribution in [2.75, 3.05) is 6.54 Å². The largest absolute Gasteiger partial charge is 0.480 e. The Morgan fingerprint density at radius 1 is 1.18 bits per heavy atom. The maximum atomic E-state index is 11.9. The first-order chi connectivity index (χ1) is 10.4. The number of amides is 2. The molecule has 6 nitrogen and oxygen atoms in total. The van der Waals surface area contributed by atoms with Crippen LogP contribution in [0.25, 0.3) is 0 Å². The van der Waals surface area contributed by atoms with Gasteiger partial charge in [0.05, 0.1) is 0 Å². The fourth-order valence-corrected chi connectivity index (χ4v) is 1.75. The maximum Gasteiger partial charge on any atom is 0.323 e. The number of nitrogens with one attached hydrogen (secondary N) is 1. The van der Waals surface area contributed by atoms with E-state index in [1.54, 1.807) is 13.8 Å². The number of hydrogen-bond donors (Lipinski definition) is 2. The van der Waals surface area contributed by atoms with Gasteiger partial charge in [0.15, 0.2) is 0 Å². The number of carbonyl (C=O) groups excluding carboxylic acids is 2. The van der Waals surface area contributed by atoms with Crippen LogP contribution in [-0.4, -0.2) is 40.4 Å². The van der Waals surface area contributed by atoms with Crippen LogP contribution in [0.15, 0.2) is 42.5 Å². The van der Waals surface area contributed by atoms with E-state index >= 15 is 0 Å². The zero-order chi connectivity index (χ0) is 16.5. The predicted molar refractivity (Wildman–Crippen MR) is 81.9 cm³/mol. The van der Waals surface area contributed by atoms with Gasteiger partial charge in [-0.15, -0.1) is 0 Å². The fraction of sp³-hybridized carbons (Fsp3) is 0.312. The first-order valence-electron chi connectivity index (χ1n) is 6.92. The van der Waals surface area contributed by atoms with E-state index in [2.05, 4.69) is 5.32 Å². The molecule has 6 heteroatoms. The lowest BCUT2D eigenvalue weighted by Gasteiger charge is -2.23. The molecule has 118 valence electrons. The van der Waals surface area contributed by atoms with Gasteiger partial charge in [-0.3, -0.25) is 14.4 Å². The van der Waals surface area contributed by atoms with Crippen molar-refractivity contribution in [1.29, 1.82) is 0 Å². The van der Waals surface area contributed by atoms with E-state index in [1.165, 1.54) is 4.90 Å². The minimum Gasteiger partial charge on any atom is -0.480 e. The van der Waals surface area contributed by atoms with Gasteiger partial charge < -0.3 is 15.3 Å². The molecule has 1 aromatic rings. The third-order valence-corrected chi connectivity index (χ3v) is 2.90. The van der Waals surface area contributed by atoms with Crippen molar-refractivity contribution in [1.82, 2.24) is 10.2 Å². The van der Waals surface area contributed by atoms with Gasteiger partial charge in [0.25, 0.3) is 0 Å². The Kier molecular flexibility index (Phi) is 6.82. The van der Waals surface area contributed by atoms with Crippen molar-refractivity contribution in [3.63, 3.8) is 0 Å². The molecule has 0 saturated heterocycles. The van der Waals surface area contributed by atoms with Gasteiger partial charge in [-0.2, -0.15) is 0 Å². The van der Waals surface area contributed by atoms with Crippen LogP contribution < -0.4 is 5.32 Å². The van der Waals surface area contributed by atoms with Crippen LogP contribution in [0.1, 0.15) is 19.4 Å². The van der Waals surface area contributed by atoms with Crippen LogP contribution in [0.4, 0.5) is 0 Å². The predicted octanol–water partition coefficient (Wildman–Crippen LogP) is 1.18. The molecule has 0 aromatic heterocycles. The summed E-state index contributed by atoms with van der Waals surface area (Å²) in [4.78, 5) is 35.4. The second kappa shape index (κ2) is 8.61. The summed E-state index contributed by atoms with van der Waals surface area (Å²) < 4.78 is 0. The number of carboxylic acids is 1. The molecule has 2 N–H and O–H groups in total. The molecular formula is C16H20N2O4. The Bertz CT molecular complexity index is 553. The number of carbonyl (C=O) groups is 3. The van der Waals surface area contributed by atoms with Crippen LogP contribution in [-0.2, 0) is 20.9 Å². The third kappa shape index (κ3) is 6.21. The van der Waals surface area contributed by atoms with Gasteiger partial charge >= 0.3 is 5.97 Å². The van der Waals surface area contributed by atoms with E-state index in [9.17, 15) is 14.4 Å². The zero-order valence-corrected chi connectivity index (χ0v) is 12.7.